The highest BCUT2D eigenvalue weighted by Crippen LogP contribution is 2.23. The van der Waals surface area contributed by atoms with E-state index < -0.39 is 0 Å². The van der Waals surface area contributed by atoms with Gasteiger partial charge in [0.15, 0.2) is 6.23 Å². The van der Waals surface area contributed by atoms with Crippen molar-refractivity contribution < 1.29 is 9.53 Å². The van der Waals surface area contributed by atoms with Gasteiger partial charge in [-0.05, 0) is 0 Å². The number of nitrogens with zero attached hydrogens (tertiary/aromatic N) is 1. The molecule has 1 amide bonds. The molecular weight excluding hydrogens is 120 g/mol. The van der Waals surface area contributed by atoms with Gasteiger partial charge in [-0.25, -0.2) is 0 Å². The minimum atomic E-state index is -0.382. The van der Waals surface area contributed by atoms with E-state index in [0.29, 0.717) is 6.61 Å². The molecule has 4 nitrogen and oxygen atoms in total. The summed E-state index contributed by atoms with van der Waals surface area (Å²) in [4.78, 5) is 12.4. The molecule has 9 heavy (non-hydrogen) atoms. The Balaban J connectivity index is 2.14. The molecule has 2 aliphatic rings. The lowest BCUT2D eigenvalue weighted by Crippen LogP contribution is -2.66. The summed E-state index contributed by atoms with van der Waals surface area (Å²) in [5.74, 6) is 0.0255. The molecule has 0 unspecified atom stereocenters. The third kappa shape index (κ3) is 0.469. The van der Waals surface area contributed by atoms with Crippen molar-refractivity contribution >= 4 is 5.91 Å². The molecule has 0 aliphatic carbocycles. The van der Waals surface area contributed by atoms with Gasteiger partial charge in [-0.15, -0.1) is 0 Å². The van der Waals surface area contributed by atoms with Crippen molar-refractivity contribution in [2.24, 2.45) is 5.73 Å². The Morgan fingerprint density at radius 3 is 3.22 bits per heavy atom. The van der Waals surface area contributed by atoms with Crippen molar-refractivity contribution in [3.05, 3.63) is 0 Å². The highest BCUT2D eigenvalue weighted by atomic mass is 16.5. The topological polar surface area (TPSA) is 55.6 Å². The van der Waals surface area contributed by atoms with Gasteiger partial charge in [0.2, 0.25) is 5.91 Å². The molecule has 0 saturated carbocycles. The number of hydrogen-bond donors (Lipinski definition) is 1. The summed E-state index contributed by atoms with van der Waals surface area (Å²) < 4.78 is 5.11. The van der Waals surface area contributed by atoms with Gasteiger partial charge in [0.1, 0.15) is 6.04 Å². The number of rotatable bonds is 0. The first-order valence-electron chi connectivity index (χ1n) is 2.98. The number of amides is 1. The zero-order valence-corrected chi connectivity index (χ0v) is 4.91. The van der Waals surface area contributed by atoms with E-state index in [-0.39, 0.29) is 18.2 Å². The summed E-state index contributed by atoms with van der Waals surface area (Å²) in [6.45, 7) is 1.36. The van der Waals surface area contributed by atoms with Gasteiger partial charge in [0.25, 0.3) is 0 Å². The molecule has 2 atom stereocenters. The van der Waals surface area contributed by atoms with Crippen LogP contribution in [0.2, 0.25) is 0 Å². The number of nitrogens with two attached hydrogens (primary N) is 1. The molecule has 0 radical (unpaired) electrons. The van der Waals surface area contributed by atoms with Crippen LogP contribution in [0, 0.1) is 0 Å². The average Bonchev–Trinajstić information content (AvgIpc) is 2.30. The molecule has 0 aromatic heterocycles. The van der Waals surface area contributed by atoms with Crippen LogP contribution >= 0.6 is 0 Å². The zero-order chi connectivity index (χ0) is 6.43. The largest absolute Gasteiger partial charge is 0.354 e. The quantitative estimate of drug-likeness (QED) is 0.404. The summed E-state index contributed by atoms with van der Waals surface area (Å²) >= 11 is 0. The second-order valence-electron chi connectivity index (χ2n) is 2.32. The van der Waals surface area contributed by atoms with Gasteiger partial charge in [0.05, 0.1) is 6.61 Å². The molecule has 2 aliphatic heterocycles. The van der Waals surface area contributed by atoms with E-state index in [0.717, 1.165) is 6.54 Å². The van der Waals surface area contributed by atoms with Crippen LogP contribution in [0.15, 0.2) is 0 Å². The number of β-lactam (4-membered cyclic amide) rings is 1. The molecular formula is C5H8N2O2. The van der Waals surface area contributed by atoms with Crippen molar-refractivity contribution in [3.63, 3.8) is 0 Å². The van der Waals surface area contributed by atoms with Crippen molar-refractivity contribution in [3.8, 4) is 0 Å². The predicted octanol–water partition coefficient (Wildman–Crippen LogP) is -1.49. The third-order valence-corrected chi connectivity index (χ3v) is 1.80. The normalized spacial score (nSPS) is 40.6. The van der Waals surface area contributed by atoms with E-state index in [1.807, 2.05) is 0 Å². The average molecular weight is 128 g/mol. The van der Waals surface area contributed by atoms with Gasteiger partial charge in [-0.1, -0.05) is 0 Å². The highest BCUT2D eigenvalue weighted by molar-refractivity contribution is 5.88. The maximum atomic E-state index is 10.8. The molecule has 2 rings (SSSR count). The fourth-order valence-corrected chi connectivity index (χ4v) is 1.25. The van der Waals surface area contributed by atoms with Gasteiger partial charge in [-0.2, -0.15) is 0 Å². The van der Waals surface area contributed by atoms with Gasteiger partial charge < -0.3 is 15.4 Å². The SMILES string of the molecule is N[C@@H]1C(=O)N2CCO[C@H]12. The molecule has 2 saturated heterocycles. The molecule has 0 aromatic rings. The monoisotopic (exact) mass is 128 g/mol. The van der Waals surface area contributed by atoms with Crippen LogP contribution in [-0.2, 0) is 9.53 Å². The van der Waals surface area contributed by atoms with Crippen LogP contribution in [0.3, 0.4) is 0 Å². The summed E-state index contributed by atoms with van der Waals surface area (Å²) in [5, 5.41) is 0. The van der Waals surface area contributed by atoms with E-state index in [9.17, 15) is 4.79 Å². The van der Waals surface area contributed by atoms with E-state index in [1.165, 1.54) is 0 Å². The Morgan fingerprint density at radius 1 is 1.78 bits per heavy atom. The standard InChI is InChI=1S/C5H8N2O2/c6-3-4(8)7-1-2-9-5(3)7/h3,5H,1-2,6H2/t3-,5-/m1/s1. The first kappa shape index (κ1) is 5.20. The van der Waals surface area contributed by atoms with Crippen LogP contribution in [0.5, 0.6) is 0 Å². The van der Waals surface area contributed by atoms with Crippen LogP contribution in [-0.4, -0.2) is 36.2 Å². The van der Waals surface area contributed by atoms with Gasteiger partial charge in [0, 0.05) is 6.54 Å². The highest BCUT2D eigenvalue weighted by Gasteiger charge is 2.48. The molecule has 0 aromatic carbocycles. The van der Waals surface area contributed by atoms with E-state index in [4.69, 9.17) is 10.5 Å². The number of ether oxygens (including phenoxy) is 1. The smallest absolute Gasteiger partial charge is 0.246 e. The van der Waals surface area contributed by atoms with E-state index in [1.54, 1.807) is 4.90 Å². The lowest BCUT2D eigenvalue weighted by molar-refractivity contribution is -0.159. The number of carbonyl (C=O) groups excluding carboxylic acids is 1. The van der Waals surface area contributed by atoms with Crippen molar-refractivity contribution in [1.82, 2.24) is 4.90 Å². The fraction of sp³-hybridized carbons (Fsp3) is 0.800. The second kappa shape index (κ2) is 1.46. The summed E-state index contributed by atoms with van der Waals surface area (Å²) in [5.41, 5.74) is 5.39. The van der Waals surface area contributed by atoms with Crippen molar-refractivity contribution in [1.29, 1.82) is 0 Å². The Labute approximate surface area is 52.6 Å². The Kier molecular flexibility index (Phi) is 0.841. The summed E-state index contributed by atoms with van der Waals surface area (Å²) in [6, 6.07) is -0.382. The first-order valence-corrected chi connectivity index (χ1v) is 2.98. The molecule has 2 fully saturated rings. The number of fused-ring (bicyclic) bond motifs is 1. The molecule has 2 N–H and O–H groups in total. The second-order valence-corrected chi connectivity index (χ2v) is 2.32. The number of carbonyl (C=O) groups is 1. The molecule has 50 valence electrons. The van der Waals surface area contributed by atoms with E-state index in [2.05, 4.69) is 0 Å². The van der Waals surface area contributed by atoms with Crippen LogP contribution in [0.4, 0.5) is 0 Å². The maximum absolute atomic E-state index is 10.8. The van der Waals surface area contributed by atoms with E-state index >= 15 is 0 Å². The minimum Gasteiger partial charge on any atom is -0.354 e. The summed E-state index contributed by atoms with van der Waals surface area (Å²) in [6.07, 6.45) is -0.0995. The van der Waals surface area contributed by atoms with Gasteiger partial charge >= 0.3 is 0 Å². The summed E-state index contributed by atoms with van der Waals surface area (Å²) in [7, 11) is 0. The van der Waals surface area contributed by atoms with Crippen LogP contribution in [0.25, 0.3) is 0 Å². The lowest BCUT2D eigenvalue weighted by atomic mass is 10.1. The predicted molar refractivity (Wildman–Crippen MR) is 29.4 cm³/mol. The fourth-order valence-electron chi connectivity index (χ4n) is 1.25. The molecule has 4 heteroatoms. The van der Waals surface area contributed by atoms with Crippen LogP contribution < -0.4 is 5.73 Å². The molecule has 2 heterocycles. The Hall–Kier alpha value is -0.610. The minimum absolute atomic E-state index is 0.0255. The zero-order valence-electron chi connectivity index (χ0n) is 4.91. The van der Waals surface area contributed by atoms with Crippen molar-refractivity contribution in [2.75, 3.05) is 13.2 Å². The lowest BCUT2D eigenvalue weighted by Gasteiger charge is -2.38. The number of hydrogen-bond acceptors (Lipinski definition) is 3. The van der Waals surface area contributed by atoms with Crippen molar-refractivity contribution in [2.45, 2.75) is 12.3 Å². The van der Waals surface area contributed by atoms with Gasteiger partial charge in [-0.3, -0.25) is 4.79 Å². The maximum Gasteiger partial charge on any atom is 0.246 e. The first-order chi connectivity index (χ1) is 4.30. The van der Waals surface area contributed by atoms with Crippen LogP contribution in [0.1, 0.15) is 0 Å². The molecule has 0 bridgehead atoms. The third-order valence-electron chi connectivity index (χ3n) is 1.80. The Morgan fingerprint density at radius 2 is 2.56 bits per heavy atom. The molecule has 0 spiro atoms. The Bertz CT molecular complexity index is 159.